The van der Waals surface area contributed by atoms with Crippen LogP contribution in [0.4, 0.5) is 0 Å². The van der Waals surface area contributed by atoms with E-state index in [1.807, 2.05) is 37.3 Å². The van der Waals surface area contributed by atoms with Crippen molar-refractivity contribution in [1.82, 2.24) is 24.1 Å². The number of aromatic nitrogens is 5. The second-order valence-electron chi connectivity index (χ2n) is 7.05. The Hall–Kier alpha value is -2.93. The van der Waals surface area contributed by atoms with Gasteiger partial charge in [0.2, 0.25) is 0 Å². The van der Waals surface area contributed by atoms with Gasteiger partial charge in [-0.3, -0.25) is 13.8 Å². The van der Waals surface area contributed by atoms with Crippen molar-refractivity contribution in [2.45, 2.75) is 36.6 Å². The summed E-state index contributed by atoms with van der Waals surface area (Å²) in [4.78, 5) is 17.1. The summed E-state index contributed by atoms with van der Waals surface area (Å²) in [6.07, 6.45) is 4.08. The van der Waals surface area contributed by atoms with E-state index < -0.39 is 0 Å². The molecule has 5 rings (SSSR count). The van der Waals surface area contributed by atoms with Gasteiger partial charge in [0.05, 0.1) is 5.69 Å². The van der Waals surface area contributed by atoms with Crippen molar-refractivity contribution in [3.05, 3.63) is 82.2 Å². The lowest BCUT2D eigenvalue weighted by molar-refractivity contribution is 0.829. The summed E-state index contributed by atoms with van der Waals surface area (Å²) in [5.74, 6) is 2.08. The van der Waals surface area contributed by atoms with Crippen molar-refractivity contribution in [1.29, 1.82) is 0 Å². The largest absolute Gasteiger partial charge is 0.274 e. The second kappa shape index (κ2) is 6.91. The fourth-order valence-electron chi connectivity index (χ4n) is 3.32. The van der Waals surface area contributed by atoms with Gasteiger partial charge in [-0.05, 0) is 43.5 Å². The molecule has 1 aliphatic rings. The zero-order chi connectivity index (χ0) is 19.1. The molecule has 1 fully saturated rings. The van der Waals surface area contributed by atoms with Crippen LogP contribution in [0.25, 0.3) is 11.3 Å². The van der Waals surface area contributed by atoms with E-state index in [0.29, 0.717) is 17.3 Å². The number of aryl methyl sites for hydroxylation is 1. The van der Waals surface area contributed by atoms with Crippen molar-refractivity contribution < 1.29 is 0 Å². The van der Waals surface area contributed by atoms with Crippen LogP contribution in [0.3, 0.4) is 0 Å². The van der Waals surface area contributed by atoms with E-state index in [9.17, 15) is 4.79 Å². The Morgan fingerprint density at radius 2 is 1.93 bits per heavy atom. The third-order valence-corrected chi connectivity index (χ3v) is 5.87. The molecule has 0 aliphatic heterocycles. The molecule has 140 valence electrons. The van der Waals surface area contributed by atoms with Crippen LogP contribution < -0.4 is 5.56 Å². The molecule has 7 heteroatoms. The molecule has 1 aromatic carbocycles. The average molecular weight is 389 g/mol. The molecule has 0 radical (unpaired) electrons. The first kappa shape index (κ1) is 17.2. The van der Waals surface area contributed by atoms with Crippen molar-refractivity contribution >= 4 is 17.4 Å². The first-order chi connectivity index (χ1) is 13.7. The van der Waals surface area contributed by atoms with E-state index in [2.05, 4.69) is 26.9 Å². The lowest BCUT2D eigenvalue weighted by Gasteiger charge is -2.10. The standard InChI is InChI=1S/C21H19N5OS/c1-14-6-5-11-25-18(27)12-16(22-19(14)25)13-28-21-24-23-20(15-9-10-15)26(21)17-7-3-2-4-8-17/h2-8,11-12,15H,9-10,13H2,1H3. The van der Waals surface area contributed by atoms with Crippen LogP contribution in [0.1, 0.15) is 35.8 Å². The summed E-state index contributed by atoms with van der Waals surface area (Å²) in [6.45, 7) is 1.96. The third kappa shape index (κ3) is 3.11. The molecule has 28 heavy (non-hydrogen) atoms. The summed E-state index contributed by atoms with van der Waals surface area (Å²) in [7, 11) is 0. The van der Waals surface area contributed by atoms with Gasteiger partial charge in [-0.25, -0.2) is 4.98 Å². The number of benzene rings is 1. The molecule has 1 aliphatic carbocycles. The summed E-state index contributed by atoms with van der Waals surface area (Å²) in [5, 5.41) is 9.72. The van der Waals surface area contributed by atoms with Crippen molar-refractivity contribution in [2.24, 2.45) is 0 Å². The van der Waals surface area contributed by atoms with Crippen LogP contribution in [0.15, 0.2) is 64.7 Å². The Morgan fingerprint density at radius 1 is 1.11 bits per heavy atom. The molecule has 4 aromatic rings. The van der Waals surface area contributed by atoms with Gasteiger partial charge in [-0.15, -0.1) is 10.2 Å². The quantitative estimate of drug-likeness (QED) is 0.486. The fraction of sp³-hybridized carbons (Fsp3) is 0.238. The number of nitrogens with zero attached hydrogens (tertiary/aromatic N) is 5. The topological polar surface area (TPSA) is 65.1 Å². The van der Waals surface area contributed by atoms with Crippen LogP contribution in [0.2, 0.25) is 0 Å². The van der Waals surface area contributed by atoms with Crippen molar-refractivity contribution in [3.8, 4) is 5.69 Å². The summed E-state index contributed by atoms with van der Waals surface area (Å²) < 4.78 is 3.72. The van der Waals surface area contributed by atoms with Crippen molar-refractivity contribution in [3.63, 3.8) is 0 Å². The van der Waals surface area contributed by atoms with E-state index in [-0.39, 0.29) is 5.56 Å². The highest BCUT2D eigenvalue weighted by Gasteiger charge is 2.31. The molecule has 0 atom stereocenters. The lowest BCUT2D eigenvalue weighted by Crippen LogP contribution is -2.15. The minimum absolute atomic E-state index is 0.0625. The van der Waals surface area contributed by atoms with Crippen molar-refractivity contribution in [2.75, 3.05) is 0 Å². The lowest BCUT2D eigenvalue weighted by atomic mass is 10.3. The number of pyridine rings is 1. The van der Waals surface area contributed by atoms with Crippen LogP contribution >= 0.6 is 11.8 Å². The molecule has 0 N–H and O–H groups in total. The van der Waals surface area contributed by atoms with Crippen LogP contribution in [-0.2, 0) is 5.75 Å². The number of hydrogen-bond acceptors (Lipinski definition) is 5. The SMILES string of the molecule is Cc1cccn2c(=O)cc(CSc3nnc(C4CC4)n3-c3ccccc3)nc12. The Bertz CT molecular complexity index is 1210. The van der Waals surface area contributed by atoms with Gasteiger partial charge < -0.3 is 0 Å². The highest BCUT2D eigenvalue weighted by Crippen LogP contribution is 2.41. The van der Waals surface area contributed by atoms with Gasteiger partial charge in [0.15, 0.2) is 5.16 Å². The summed E-state index contributed by atoms with van der Waals surface area (Å²) in [5.41, 5.74) is 3.44. The predicted molar refractivity (Wildman–Crippen MR) is 109 cm³/mol. The zero-order valence-corrected chi connectivity index (χ0v) is 16.3. The summed E-state index contributed by atoms with van der Waals surface area (Å²) in [6, 6.07) is 15.6. The smallest absolute Gasteiger partial charge is 0.258 e. The maximum atomic E-state index is 12.4. The molecule has 6 nitrogen and oxygen atoms in total. The molecule has 3 heterocycles. The van der Waals surface area contributed by atoms with Gasteiger partial charge in [0, 0.05) is 29.6 Å². The first-order valence-electron chi connectivity index (χ1n) is 9.32. The van der Waals surface area contributed by atoms with E-state index in [1.165, 1.54) is 0 Å². The molecule has 0 amide bonds. The third-order valence-electron chi connectivity index (χ3n) is 4.90. The molecule has 0 bridgehead atoms. The van der Waals surface area contributed by atoms with Gasteiger partial charge in [0.25, 0.3) is 5.56 Å². The first-order valence-corrected chi connectivity index (χ1v) is 10.3. The molecule has 0 saturated heterocycles. The minimum Gasteiger partial charge on any atom is -0.274 e. The monoisotopic (exact) mass is 389 g/mol. The average Bonchev–Trinajstić information content (AvgIpc) is 3.47. The highest BCUT2D eigenvalue weighted by molar-refractivity contribution is 7.98. The number of fused-ring (bicyclic) bond motifs is 1. The Balaban J connectivity index is 1.49. The van der Waals surface area contributed by atoms with Crippen LogP contribution in [0, 0.1) is 6.92 Å². The van der Waals surface area contributed by atoms with Gasteiger partial charge in [-0.1, -0.05) is 36.0 Å². The van der Waals surface area contributed by atoms with Gasteiger partial charge >= 0.3 is 0 Å². The second-order valence-corrected chi connectivity index (χ2v) is 7.99. The van der Waals surface area contributed by atoms with Gasteiger partial charge in [-0.2, -0.15) is 0 Å². The zero-order valence-electron chi connectivity index (χ0n) is 15.4. The van der Waals surface area contributed by atoms with E-state index in [4.69, 9.17) is 4.98 Å². The molecular formula is C21H19N5OS. The molecule has 0 spiro atoms. The van der Waals surface area contributed by atoms with Gasteiger partial charge in [0.1, 0.15) is 11.5 Å². The number of hydrogen-bond donors (Lipinski definition) is 0. The highest BCUT2D eigenvalue weighted by atomic mass is 32.2. The van der Waals surface area contributed by atoms with Crippen LogP contribution in [0.5, 0.6) is 0 Å². The molecule has 0 unspecified atom stereocenters. The Kier molecular flexibility index (Phi) is 4.24. The number of thioether (sulfide) groups is 1. The molecule has 3 aromatic heterocycles. The maximum Gasteiger partial charge on any atom is 0.258 e. The number of rotatable bonds is 5. The molecular weight excluding hydrogens is 370 g/mol. The van der Waals surface area contributed by atoms with Crippen LogP contribution in [-0.4, -0.2) is 24.1 Å². The maximum absolute atomic E-state index is 12.4. The normalized spacial score (nSPS) is 13.9. The van der Waals surface area contributed by atoms with E-state index in [0.717, 1.165) is 40.8 Å². The molecule has 1 saturated carbocycles. The summed E-state index contributed by atoms with van der Waals surface area (Å²) >= 11 is 1.56. The minimum atomic E-state index is -0.0625. The Morgan fingerprint density at radius 3 is 2.71 bits per heavy atom. The fourth-order valence-corrected chi connectivity index (χ4v) is 4.17. The van der Waals surface area contributed by atoms with E-state index in [1.54, 1.807) is 28.4 Å². The number of para-hydroxylation sites is 1. The van der Waals surface area contributed by atoms with E-state index >= 15 is 0 Å². The predicted octanol–water partition coefficient (Wildman–Crippen LogP) is 3.75. The Labute approximate surface area is 166 Å².